The number of β-amino-alcohol motifs (C(OH)–C–C–N with tert-alkyl or cyclic N) is 1. The number of aliphatic hydroxyl groups is 1. The summed E-state index contributed by atoms with van der Waals surface area (Å²) in [5, 5.41) is 14.5. The van der Waals surface area contributed by atoms with Crippen molar-refractivity contribution in [2.75, 3.05) is 18.0 Å². The van der Waals surface area contributed by atoms with E-state index >= 15 is 0 Å². The van der Waals surface area contributed by atoms with Crippen molar-refractivity contribution in [3.05, 3.63) is 29.8 Å². The number of anilines is 1. The van der Waals surface area contributed by atoms with Crippen molar-refractivity contribution in [3.63, 3.8) is 0 Å². The quantitative estimate of drug-likeness (QED) is 0.861. The monoisotopic (exact) mass is 292 g/mol. The molecule has 2 aromatic rings. The summed E-state index contributed by atoms with van der Waals surface area (Å²) in [6, 6.07) is 1.86. The molecule has 0 bridgehead atoms. The standard InChI is InChI=1S/C14H17ClN4O/c1-18-8-10(6-17-18)12-7-16-14(15)5-13(12)19-4-2-3-11(20)9-19/h5-8,11,20H,2-4,9H2,1H3/t11-/m0/s1. The van der Waals surface area contributed by atoms with Crippen LogP contribution in [0.3, 0.4) is 0 Å². The number of piperidine rings is 1. The largest absolute Gasteiger partial charge is 0.391 e. The van der Waals surface area contributed by atoms with Crippen LogP contribution >= 0.6 is 11.6 Å². The molecule has 1 aliphatic rings. The van der Waals surface area contributed by atoms with Crippen LogP contribution in [-0.4, -0.2) is 39.1 Å². The second kappa shape index (κ2) is 5.42. The van der Waals surface area contributed by atoms with Crippen LogP contribution in [0.15, 0.2) is 24.7 Å². The van der Waals surface area contributed by atoms with Gasteiger partial charge in [-0.25, -0.2) is 4.98 Å². The van der Waals surface area contributed by atoms with Crippen LogP contribution in [0.5, 0.6) is 0 Å². The van der Waals surface area contributed by atoms with Gasteiger partial charge in [-0.1, -0.05) is 11.6 Å². The Hall–Kier alpha value is -1.59. The first kappa shape index (κ1) is 13.4. The third-order valence-corrected chi connectivity index (χ3v) is 3.81. The summed E-state index contributed by atoms with van der Waals surface area (Å²) >= 11 is 6.04. The van der Waals surface area contributed by atoms with E-state index < -0.39 is 0 Å². The van der Waals surface area contributed by atoms with Gasteiger partial charge in [0.15, 0.2) is 0 Å². The van der Waals surface area contributed by atoms with Crippen LogP contribution in [0, 0.1) is 0 Å². The van der Waals surface area contributed by atoms with Crippen molar-refractivity contribution in [2.24, 2.45) is 7.05 Å². The smallest absolute Gasteiger partial charge is 0.131 e. The Morgan fingerprint density at radius 1 is 1.40 bits per heavy atom. The van der Waals surface area contributed by atoms with Gasteiger partial charge in [0.05, 0.1) is 12.3 Å². The number of nitrogens with zero attached hydrogens (tertiary/aromatic N) is 4. The molecule has 0 saturated carbocycles. The van der Waals surface area contributed by atoms with Gasteiger partial charge in [-0.3, -0.25) is 4.68 Å². The predicted molar refractivity (Wildman–Crippen MR) is 78.9 cm³/mol. The molecule has 5 nitrogen and oxygen atoms in total. The molecule has 6 heteroatoms. The zero-order valence-electron chi connectivity index (χ0n) is 11.3. The molecule has 1 atom stereocenters. The van der Waals surface area contributed by atoms with E-state index in [0.29, 0.717) is 11.7 Å². The van der Waals surface area contributed by atoms with Crippen LogP contribution in [0.25, 0.3) is 11.1 Å². The highest BCUT2D eigenvalue weighted by molar-refractivity contribution is 6.29. The first-order valence-corrected chi connectivity index (χ1v) is 7.09. The van der Waals surface area contributed by atoms with Crippen molar-refractivity contribution < 1.29 is 5.11 Å². The Balaban J connectivity index is 2.02. The van der Waals surface area contributed by atoms with Gasteiger partial charge in [-0.15, -0.1) is 0 Å². The molecule has 2 aromatic heterocycles. The number of rotatable bonds is 2. The van der Waals surface area contributed by atoms with E-state index in [1.807, 2.05) is 25.5 Å². The Bertz CT molecular complexity index is 613. The fourth-order valence-corrected chi connectivity index (χ4v) is 2.79. The Morgan fingerprint density at radius 3 is 2.95 bits per heavy atom. The molecule has 1 aliphatic heterocycles. The Kier molecular flexibility index (Phi) is 3.63. The summed E-state index contributed by atoms with van der Waals surface area (Å²) in [6.45, 7) is 1.55. The summed E-state index contributed by atoms with van der Waals surface area (Å²) in [5.41, 5.74) is 3.01. The van der Waals surface area contributed by atoms with Crippen molar-refractivity contribution >= 4 is 17.3 Å². The van der Waals surface area contributed by atoms with E-state index in [-0.39, 0.29) is 6.10 Å². The van der Waals surface area contributed by atoms with Gasteiger partial charge in [0.25, 0.3) is 0 Å². The molecule has 1 N–H and O–H groups in total. The molecular weight excluding hydrogens is 276 g/mol. The van der Waals surface area contributed by atoms with E-state index in [1.165, 1.54) is 0 Å². The second-order valence-corrected chi connectivity index (χ2v) is 5.56. The lowest BCUT2D eigenvalue weighted by Gasteiger charge is -2.33. The van der Waals surface area contributed by atoms with Gasteiger partial charge in [0.1, 0.15) is 5.15 Å². The molecule has 3 heterocycles. The molecule has 1 saturated heterocycles. The molecular formula is C14H17ClN4O. The Labute approximate surface area is 122 Å². The highest BCUT2D eigenvalue weighted by Gasteiger charge is 2.21. The van der Waals surface area contributed by atoms with Gasteiger partial charge >= 0.3 is 0 Å². The number of hydrogen-bond acceptors (Lipinski definition) is 4. The maximum absolute atomic E-state index is 9.87. The maximum atomic E-state index is 9.87. The molecule has 3 rings (SSSR count). The normalized spacial score (nSPS) is 19.4. The highest BCUT2D eigenvalue weighted by atomic mass is 35.5. The number of halogens is 1. The van der Waals surface area contributed by atoms with Gasteiger partial charge in [0.2, 0.25) is 0 Å². The van der Waals surface area contributed by atoms with Gasteiger partial charge in [-0.05, 0) is 18.9 Å². The van der Waals surface area contributed by atoms with E-state index in [9.17, 15) is 5.11 Å². The summed E-state index contributed by atoms with van der Waals surface area (Å²) in [6.07, 6.45) is 7.10. The molecule has 0 aromatic carbocycles. The minimum atomic E-state index is -0.280. The van der Waals surface area contributed by atoms with Crippen LogP contribution < -0.4 is 4.90 Å². The third-order valence-electron chi connectivity index (χ3n) is 3.60. The lowest BCUT2D eigenvalue weighted by atomic mass is 10.0. The molecule has 0 aliphatic carbocycles. The number of aryl methyl sites for hydroxylation is 1. The summed E-state index contributed by atoms with van der Waals surface area (Å²) < 4.78 is 1.76. The average molecular weight is 293 g/mol. The molecule has 0 radical (unpaired) electrons. The number of pyridine rings is 1. The second-order valence-electron chi connectivity index (χ2n) is 5.17. The molecule has 0 amide bonds. The lowest BCUT2D eigenvalue weighted by molar-refractivity contribution is 0.154. The van der Waals surface area contributed by atoms with Crippen molar-refractivity contribution in [2.45, 2.75) is 18.9 Å². The summed E-state index contributed by atoms with van der Waals surface area (Å²) in [5.74, 6) is 0. The fraction of sp³-hybridized carbons (Fsp3) is 0.429. The topological polar surface area (TPSA) is 54.2 Å². The minimum absolute atomic E-state index is 0.280. The average Bonchev–Trinajstić information content (AvgIpc) is 2.85. The number of aliphatic hydroxyl groups excluding tert-OH is 1. The molecule has 20 heavy (non-hydrogen) atoms. The van der Waals surface area contributed by atoms with Gasteiger partial charge in [0, 0.05) is 49.3 Å². The lowest BCUT2D eigenvalue weighted by Crippen LogP contribution is -2.38. The van der Waals surface area contributed by atoms with E-state index in [4.69, 9.17) is 11.6 Å². The molecule has 0 spiro atoms. The molecule has 1 fully saturated rings. The van der Waals surface area contributed by atoms with Gasteiger partial charge < -0.3 is 10.0 Å². The zero-order valence-corrected chi connectivity index (χ0v) is 12.1. The number of hydrogen-bond donors (Lipinski definition) is 1. The maximum Gasteiger partial charge on any atom is 0.131 e. The van der Waals surface area contributed by atoms with E-state index in [1.54, 1.807) is 10.9 Å². The third kappa shape index (κ3) is 2.64. The van der Waals surface area contributed by atoms with Crippen molar-refractivity contribution in [3.8, 4) is 11.1 Å². The minimum Gasteiger partial charge on any atom is -0.391 e. The van der Waals surface area contributed by atoms with Crippen LogP contribution in [-0.2, 0) is 7.05 Å². The first-order valence-electron chi connectivity index (χ1n) is 6.71. The first-order chi connectivity index (χ1) is 9.63. The zero-order chi connectivity index (χ0) is 14.1. The van der Waals surface area contributed by atoms with Gasteiger partial charge in [-0.2, -0.15) is 5.10 Å². The molecule has 0 unspecified atom stereocenters. The van der Waals surface area contributed by atoms with Crippen molar-refractivity contribution in [1.82, 2.24) is 14.8 Å². The SMILES string of the molecule is Cn1cc(-c2cnc(Cl)cc2N2CCC[C@H](O)C2)cn1. The van der Waals surface area contributed by atoms with E-state index in [2.05, 4.69) is 15.0 Å². The van der Waals surface area contributed by atoms with Crippen LogP contribution in [0.2, 0.25) is 5.15 Å². The van der Waals surface area contributed by atoms with E-state index in [0.717, 1.165) is 36.2 Å². The highest BCUT2D eigenvalue weighted by Crippen LogP contribution is 2.33. The Morgan fingerprint density at radius 2 is 2.25 bits per heavy atom. The predicted octanol–water partition coefficient (Wildman–Crippen LogP) is 2.10. The van der Waals surface area contributed by atoms with Crippen LogP contribution in [0.4, 0.5) is 5.69 Å². The molecule has 106 valence electrons. The fourth-order valence-electron chi connectivity index (χ4n) is 2.64. The number of aromatic nitrogens is 3. The van der Waals surface area contributed by atoms with Crippen molar-refractivity contribution in [1.29, 1.82) is 0 Å². The van der Waals surface area contributed by atoms with Crippen LogP contribution in [0.1, 0.15) is 12.8 Å². The summed E-state index contributed by atoms with van der Waals surface area (Å²) in [4.78, 5) is 6.35. The summed E-state index contributed by atoms with van der Waals surface area (Å²) in [7, 11) is 1.89.